The predicted molar refractivity (Wildman–Crippen MR) is 104 cm³/mol. The van der Waals surface area contributed by atoms with E-state index in [9.17, 15) is 33.4 Å². The van der Waals surface area contributed by atoms with Gasteiger partial charge in [0.1, 0.15) is 0 Å². The number of nitro groups is 2. The summed E-state index contributed by atoms with van der Waals surface area (Å²) in [6.07, 6.45) is 0. The maximum absolute atomic E-state index is 12.3. The fourth-order valence-electron chi connectivity index (χ4n) is 2.32. The third kappa shape index (κ3) is 5.80. The molecule has 0 fully saturated rings. The van der Waals surface area contributed by atoms with Crippen LogP contribution < -0.4 is 10.0 Å². The monoisotopic (exact) mass is 422 g/mol. The van der Waals surface area contributed by atoms with Crippen LogP contribution in [0, 0.1) is 20.2 Å². The molecule has 12 heteroatoms. The first kappa shape index (κ1) is 21.9. The molecule has 0 radical (unpaired) electrons. The van der Waals surface area contributed by atoms with Crippen LogP contribution in [0.3, 0.4) is 0 Å². The fourth-order valence-corrected chi connectivity index (χ4v) is 3.74. The summed E-state index contributed by atoms with van der Waals surface area (Å²) >= 11 is 0. The first-order valence-electron chi connectivity index (χ1n) is 8.18. The topological polar surface area (TPSA) is 162 Å². The van der Waals surface area contributed by atoms with Gasteiger partial charge in [-0.1, -0.05) is 0 Å². The van der Waals surface area contributed by atoms with Gasteiger partial charge in [0.25, 0.3) is 17.3 Å². The summed E-state index contributed by atoms with van der Waals surface area (Å²) in [4.78, 5) is 32.5. The molecule has 0 aliphatic heterocycles. The number of non-ortho nitro benzene ring substituents is 2. The highest BCUT2D eigenvalue weighted by Gasteiger charge is 2.22. The number of hydrogen-bond acceptors (Lipinski definition) is 7. The summed E-state index contributed by atoms with van der Waals surface area (Å²) < 4.78 is 27.0. The second-order valence-corrected chi connectivity index (χ2v) is 8.77. The largest absolute Gasteiger partial charge is 0.322 e. The zero-order valence-corrected chi connectivity index (χ0v) is 16.5. The van der Waals surface area contributed by atoms with Gasteiger partial charge in [-0.2, -0.15) is 0 Å². The molecule has 0 atom stereocenters. The molecule has 0 saturated carbocycles. The van der Waals surface area contributed by atoms with Crippen LogP contribution in [0.25, 0.3) is 0 Å². The number of nitrogens with zero attached hydrogens (tertiary/aromatic N) is 2. The molecular formula is C17H18N4O7S. The van der Waals surface area contributed by atoms with Gasteiger partial charge in [0.2, 0.25) is 10.0 Å². The summed E-state index contributed by atoms with van der Waals surface area (Å²) in [5.41, 5.74) is -1.95. The number of nitro benzene ring substituents is 2. The van der Waals surface area contributed by atoms with Crippen molar-refractivity contribution < 1.29 is 23.1 Å². The maximum Gasteiger partial charge on any atom is 0.277 e. The van der Waals surface area contributed by atoms with Gasteiger partial charge in [-0.15, -0.1) is 0 Å². The third-order valence-corrected chi connectivity index (χ3v) is 5.22. The Hall–Kier alpha value is -3.38. The van der Waals surface area contributed by atoms with Crippen LogP contribution in [0.15, 0.2) is 47.4 Å². The standard InChI is InChI=1S/C17H18N4O7S/c1-17(2,3)19-29(27,28)15-6-4-12(5-7-15)18-16(22)11-8-13(20(23)24)10-14(9-11)21(25)26/h4-10,19H,1-3H3,(H,18,22). The highest BCUT2D eigenvalue weighted by atomic mass is 32.2. The van der Waals surface area contributed by atoms with Gasteiger partial charge in [-0.3, -0.25) is 25.0 Å². The molecule has 0 unspecified atom stereocenters. The van der Waals surface area contributed by atoms with Crippen LogP contribution in [0.4, 0.5) is 17.1 Å². The predicted octanol–water partition coefficient (Wildman–Crippen LogP) is 2.83. The Morgan fingerprint density at radius 2 is 1.41 bits per heavy atom. The molecule has 0 aliphatic carbocycles. The zero-order valence-electron chi connectivity index (χ0n) is 15.7. The van der Waals surface area contributed by atoms with Gasteiger partial charge in [-0.25, -0.2) is 13.1 Å². The van der Waals surface area contributed by atoms with Gasteiger partial charge >= 0.3 is 0 Å². The average Bonchev–Trinajstić information content (AvgIpc) is 2.59. The first-order valence-corrected chi connectivity index (χ1v) is 9.66. The minimum absolute atomic E-state index is 0.0172. The Balaban J connectivity index is 2.26. The van der Waals surface area contributed by atoms with Crippen molar-refractivity contribution in [2.75, 3.05) is 5.32 Å². The van der Waals surface area contributed by atoms with Crippen molar-refractivity contribution in [2.24, 2.45) is 0 Å². The summed E-state index contributed by atoms with van der Waals surface area (Å²) in [5.74, 6) is -0.819. The summed E-state index contributed by atoms with van der Waals surface area (Å²) in [5, 5.41) is 24.3. The number of nitrogens with one attached hydrogen (secondary N) is 2. The average molecular weight is 422 g/mol. The number of carbonyl (C=O) groups is 1. The molecule has 2 aromatic carbocycles. The van der Waals surface area contributed by atoms with Crippen LogP contribution in [0.5, 0.6) is 0 Å². The van der Waals surface area contributed by atoms with Gasteiger partial charge in [0, 0.05) is 23.4 Å². The Morgan fingerprint density at radius 1 is 0.931 bits per heavy atom. The van der Waals surface area contributed by atoms with Crippen LogP contribution in [-0.2, 0) is 10.0 Å². The fraction of sp³-hybridized carbons (Fsp3) is 0.235. The van der Waals surface area contributed by atoms with Gasteiger partial charge in [0.05, 0.1) is 26.4 Å². The molecule has 154 valence electrons. The number of carbonyl (C=O) groups excluding carboxylic acids is 1. The minimum Gasteiger partial charge on any atom is -0.322 e. The van der Waals surface area contributed by atoms with Gasteiger partial charge < -0.3 is 5.32 Å². The number of amides is 1. The SMILES string of the molecule is CC(C)(C)NS(=O)(=O)c1ccc(NC(=O)c2cc([N+](=O)[O-])cc([N+](=O)[O-])c2)cc1. The lowest BCUT2D eigenvalue weighted by atomic mass is 10.1. The van der Waals surface area contributed by atoms with Gasteiger partial charge in [0.15, 0.2) is 0 Å². The molecule has 0 spiro atoms. The molecule has 11 nitrogen and oxygen atoms in total. The smallest absolute Gasteiger partial charge is 0.277 e. The van der Waals surface area contributed by atoms with Crippen LogP contribution >= 0.6 is 0 Å². The highest BCUT2D eigenvalue weighted by molar-refractivity contribution is 7.89. The van der Waals surface area contributed by atoms with E-state index in [0.29, 0.717) is 0 Å². The van der Waals surface area contributed by atoms with Gasteiger partial charge in [-0.05, 0) is 45.0 Å². The van der Waals surface area contributed by atoms with E-state index in [1.807, 2.05) is 0 Å². The van der Waals surface area contributed by atoms with E-state index in [4.69, 9.17) is 0 Å². The second-order valence-electron chi connectivity index (χ2n) is 7.09. The van der Waals surface area contributed by atoms with E-state index in [1.54, 1.807) is 20.8 Å². The van der Waals surface area contributed by atoms with Crippen LogP contribution in [0.2, 0.25) is 0 Å². The van der Waals surface area contributed by atoms with Crippen molar-refractivity contribution in [2.45, 2.75) is 31.2 Å². The molecule has 29 heavy (non-hydrogen) atoms. The second kappa shape index (κ2) is 7.93. The van der Waals surface area contributed by atoms with Crippen molar-refractivity contribution in [3.05, 3.63) is 68.3 Å². The van der Waals surface area contributed by atoms with Crippen molar-refractivity contribution in [3.8, 4) is 0 Å². The molecular weight excluding hydrogens is 404 g/mol. The van der Waals surface area contributed by atoms with Crippen LogP contribution in [0.1, 0.15) is 31.1 Å². The summed E-state index contributed by atoms with van der Waals surface area (Å²) in [7, 11) is -3.76. The molecule has 2 rings (SSSR count). The molecule has 1 amide bonds. The van der Waals surface area contributed by atoms with E-state index in [2.05, 4.69) is 10.0 Å². The first-order chi connectivity index (χ1) is 13.3. The van der Waals surface area contributed by atoms with Crippen LogP contribution in [-0.4, -0.2) is 29.7 Å². The quantitative estimate of drug-likeness (QED) is 0.534. The zero-order chi connectivity index (χ0) is 22.0. The Morgan fingerprint density at radius 3 is 1.83 bits per heavy atom. The highest BCUT2D eigenvalue weighted by Crippen LogP contribution is 2.24. The molecule has 0 saturated heterocycles. The summed E-state index contributed by atoms with van der Waals surface area (Å²) in [6, 6.07) is 7.79. The molecule has 0 aliphatic rings. The normalized spacial score (nSPS) is 11.7. The maximum atomic E-state index is 12.3. The lowest BCUT2D eigenvalue weighted by Crippen LogP contribution is -2.40. The molecule has 0 aromatic heterocycles. The molecule has 2 N–H and O–H groups in total. The Kier molecular flexibility index (Phi) is 5.99. The van der Waals surface area contributed by atoms with E-state index < -0.39 is 42.7 Å². The molecule has 2 aromatic rings. The molecule has 0 bridgehead atoms. The number of anilines is 1. The van der Waals surface area contributed by atoms with Crippen molar-refractivity contribution in [1.29, 1.82) is 0 Å². The Labute approximate surface area is 166 Å². The number of sulfonamides is 1. The minimum atomic E-state index is -3.76. The van der Waals surface area contributed by atoms with E-state index in [-0.39, 0.29) is 16.1 Å². The Bertz CT molecular complexity index is 1040. The number of hydrogen-bond donors (Lipinski definition) is 2. The van der Waals surface area contributed by atoms with Crippen molar-refractivity contribution in [3.63, 3.8) is 0 Å². The lowest BCUT2D eigenvalue weighted by Gasteiger charge is -2.20. The number of benzene rings is 2. The van der Waals surface area contributed by atoms with Crippen molar-refractivity contribution >= 4 is 33.0 Å². The number of rotatable bonds is 6. The molecule has 0 heterocycles. The van der Waals surface area contributed by atoms with Crippen molar-refractivity contribution in [1.82, 2.24) is 4.72 Å². The lowest BCUT2D eigenvalue weighted by molar-refractivity contribution is -0.394. The van der Waals surface area contributed by atoms with E-state index in [1.165, 1.54) is 24.3 Å². The van der Waals surface area contributed by atoms with E-state index in [0.717, 1.165) is 18.2 Å². The van der Waals surface area contributed by atoms with E-state index >= 15 is 0 Å². The summed E-state index contributed by atoms with van der Waals surface area (Å²) in [6.45, 7) is 5.08. The third-order valence-electron chi connectivity index (χ3n) is 3.45.